The molecule has 0 spiro atoms. The minimum absolute atomic E-state index is 0.0828. The van der Waals surface area contributed by atoms with Crippen LogP contribution in [0.1, 0.15) is 33.6 Å². The Labute approximate surface area is 132 Å². The summed E-state index contributed by atoms with van der Waals surface area (Å²) in [6.45, 7) is 13.0. The summed E-state index contributed by atoms with van der Waals surface area (Å²) in [5.41, 5.74) is -0.610. The van der Waals surface area contributed by atoms with E-state index in [9.17, 15) is 9.59 Å². The van der Waals surface area contributed by atoms with Gasteiger partial charge in [0.15, 0.2) is 0 Å². The van der Waals surface area contributed by atoms with E-state index in [4.69, 9.17) is 14.2 Å². The van der Waals surface area contributed by atoms with Crippen molar-refractivity contribution in [2.75, 3.05) is 19.8 Å². The van der Waals surface area contributed by atoms with Crippen molar-refractivity contribution < 1.29 is 23.8 Å². The molecule has 0 rings (SSSR count). The Bertz CT molecular complexity index is 399. The number of carbonyl (C=O) groups is 2. The molecule has 0 saturated heterocycles. The molecule has 0 amide bonds. The summed E-state index contributed by atoms with van der Waals surface area (Å²) < 4.78 is 16.0. The molecule has 5 heteroatoms. The van der Waals surface area contributed by atoms with Crippen LogP contribution in [-0.2, 0) is 23.8 Å². The van der Waals surface area contributed by atoms with E-state index in [0.29, 0.717) is 6.42 Å². The number of hydrogen-bond acceptors (Lipinski definition) is 5. The monoisotopic (exact) mass is 310 g/mol. The van der Waals surface area contributed by atoms with Crippen LogP contribution in [0.25, 0.3) is 0 Å². The highest BCUT2D eigenvalue weighted by Crippen LogP contribution is 2.26. The molecular formula is C17H26O5. The lowest BCUT2D eigenvalue weighted by Crippen LogP contribution is -2.38. The minimum atomic E-state index is -0.610. The van der Waals surface area contributed by atoms with Crippen LogP contribution in [0.3, 0.4) is 0 Å². The number of carbonyl (C=O) groups excluding carboxylic acids is 2. The zero-order valence-corrected chi connectivity index (χ0v) is 13.7. The van der Waals surface area contributed by atoms with Crippen molar-refractivity contribution in [3.63, 3.8) is 0 Å². The molecule has 0 aromatic rings. The molecule has 22 heavy (non-hydrogen) atoms. The van der Waals surface area contributed by atoms with Gasteiger partial charge in [-0.25, -0.2) is 9.59 Å². The van der Waals surface area contributed by atoms with Gasteiger partial charge in [0.1, 0.15) is 13.2 Å². The van der Waals surface area contributed by atoms with E-state index >= 15 is 0 Å². The number of esters is 2. The Balaban J connectivity index is 4.95. The molecule has 0 fully saturated rings. The molecule has 0 unspecified atom stereocenters. The van der Waals surface area contributed by atoms with Crippen molar-refractivity contribution in [1.29, 1.82) is 0 Å². The van der Waals surface area contributed by atoms with E-state index in [1.54, 1.807) is 0 Å². The fourth-order valence-electron chi connectivity index (χ4n) is 1.63. The maximum Gasteiger partial charge on any atom is 0.330 e. The number of ether oxygens (including phenoxy) is 3. The van der Waals surface area contributed by atoms with Gasteiger partial charge in [-0.2, -0.15) is 0 Å². The summed E-state index contributed by atoms with van der Waals surface area (Å²) in [4.78, 5) is 22.6. The zero-order chi connectivity index (χ0) is 17.0. The highest BCUT2D eigenvalue weighted by Gasteiger charge is 2.33. The van der Waals surface area contributed by atoms with Gasteiger partial charge in [-0.1, -0.05) is 27.0 Å². The molecule has 124 valence electrons. The van der Waals surface area contributed by atoms with Crippen molar-refractivity contribution in [2.45, 2.75) is 33.6 Å². The lowest BCUT2D eigenvalue weighted by molar-refractivity contribution is -0.150. The van der Waals surface area contributed by atoms with E-state index < -0.39 is 17.4 Å². The van der Waals surface area contributed by atoms with Crippen molar-refractivity contribution >= 4 is 11.9 Å². The van der Waals surface area contributed by atoms with Crippen LogP contribution in [0.15, 0.2) is 37.1 Å². The third kappa shape index (κ3) is 7.11. The molecule has 0 aliphatic heterocycles. The molecule has 0 saturated carbocycles. The van der Waals surface area contributed by atoms with E-state index in [-0.39, 0.29) is 19.8 Å². The fourth-order valence-corrected chi connectivity index (χ4v) is 1.63. The van der Waals surface area contributed by atoms with Crippen molar-refractivity contribution in [3.05, 3.63) is 37.1 Å². The van der Waals surface area contributed by atoms with E-state index in [1.807, 2.05) is 26.8 Å². The molecule has 0 heterocycles. The summed E-state index contributed by atoms with van der Waals surface area (Å²) in [5, 5.41) is 0. The molecule has 0 bridgehead atoms. The van der Waals surface area contributed by atoms with Gasteiger partial charge in [-0.3, -0.25) is 0 Å². The van der Waals surface area contributed by atoms with Gasteiger partial charge in [-0.05, 0) is 19.4 Å². The molecule has 0 aliphatic carbocycles. The molecule has 5 nitrogen and oxygen atoms in total. The highest BCUT2D eigenvalue weighted by molar-refractivity contribution is 5.81. The third-order valence-corrected chi connectivity index (χ3v) is 3.36. The Hall–Kier alpha value is -2.04. The highest BCUT2D eigenvalue weighted by atomic mass is 16.6. The van der Waals surface area contributed by atoms with Crippen LogP contribution in [0.4, 0.5) is 0 Å². The quantitative estimate of drug-likeness (QED) is 0.333. The average molecular weight is 310 g/mol. The van der Waals surface area contributed by atoms with Crippen LogP contribution in [0, 0.1) is 5.41 Å². The summed E-state index contributed by atoms with van der Waals surface area (Å²) in [5.74, 6) is -0.202. The Morgan fingerprint density at radius 3 is 1.73 bits per heavy atom. The van der Waals surface area contributed by atoms with Crippen LogP contribution in [0.2, 0.25) is 0 Å². The first-order valence-electron chi connectivity index (χ1n) is 7.33. The second kappa shape index (κ2) is 10.7. The van der Waals surface area contributed by atoms with Gasteiger partial charge in [-0.15, -0.1) is 0 Å². The minimum Gasteiger partial charge on any atom is -0.497 e. The smallest absolute Gasteiger partial charge is 0.330 e. The van der Waals surface area contributed by atoms with E-state index in [2.05, 4.69) is 13.2 Å². The number of hydrogen-bond donors (Lipinski definition) is 0. The molecule has 0 aromatic heterocycles. The predicted octanol–water partition coefficient (Wildman–Crippen LogP) is 3.17. The molecule has 0 radical (unpaired) electrons. The van der Waals surface area contributed by atoms with Gasteiger partial charge in [0.05, 0.1) is 17.8 Å². The molecule has 0 aliphatic rings. The maximum atomic E-state index is 11.3. The van der Waals surface area contributed by atoms with Gasteiger partial charge >= 0.3 is 11.9 Å². The Morgan fingerprint density at radius 1 is 0.955 bits per heavy atom. The fraction of sp³-hybridized carbons (Fsp3) is 0.529. The van der Waals surface area contributed by atoms with Crippen molar-refractivity contribution in [1.82, 2.24) is 0 Å². The SMILES string of the molecule is C=CC(=O)OCC(CC)(COC(=O)C=C)COC(=CC)CC. The van der Waals surface area contributed by atoms with E-state index in [1.165, 1.54) is 0 Å². The van der Waals surface area contributed by atoms with Crippen LogP contribution >= 0.6 is 0 Å². The third-order valence-electron chi connectivity index (χ3n) is 3.36. The van der Waals surface area contributed by atoms with Gasteiger partial charge in [0.2, 0.25) is 0 Å². The second-order valence-corrected chi connectivity index (χ2v) is 4.87. The summed E-state index contributed by atoms with van der Waals surface area (Å²) in [6, 6.07) is 0. The van der Waals surface area contributed by atoms with Crippen LogP contribution < -0.4 is 0 Å². The van der Waals surface area contributed by atoms with Crippen LogP contribution in [0.5, 0.6) is 0 Å². The van der Waals surface area contributed by atoms with E-state index in [0.717, 1.165) is 24.3 Å². The number of allylic oxidation sites excluding steroid dienone is 2. The molecule has 0 aromatic carbocycles. The largest absolute Gasteiger partial charge is 0.497 e. The first-order chi connectivity index (χ1) is 10.5. The maximum absolute atomic E-state index is 11.3. The first kappa shape index (κ1) is 20.0. The Kier molecular flexibility index (Phi) is 9.67. The standard InChI is InChI=1S/C17H26O5/c1-6-14(7-2)20-11-17(10-5,12-21-15(18)8-3)13-22-16(19)9-4/h6,8-9H,3-4,7,10-13H2,1-2,5H3. The van der Waals surface area contributed by atoms with Gasteiger partial charge < -0.3 is 14.2 Å². The molecule has 0 N–H and O–H groups in total. The summed E-state index contributed by atoms with van der Waals surface area (Å²) in [6.07, 6.45) is 5.45. The number of rotatable bonds is 11. The normalized spacial score (nSPS) is 11.5. The summed E-state index contributed by atoms with van der Waals surface area (Å²) >= 11 is 0. The first-order valence-corrected chi connectivity index (χ1v) is 7.33. The average Bonchev–Trinajstić information content (AvgIpc) is 2.56. The second-order valence-electron chi connectivity index (χ2n) is 4.87. The predicted molar refractivity (Wildman–Crippen MR) is 85.0 cm³/mol. The molecular weight excluding hydrogens is 284 g/mol. The Morgan fingerprint density at radius 2 is 1.41 bits per heavy atom. The molecule has 0 atom stereocenters. The summed E-state index contributed by atoms with van der Waals surface area (Å²) in [7, 11) is 0. The lowest BCUT2D eigenvalue weighted by atomic mass is 9.88. The zero-order valence-electron chi connectivity index (χ0n) is 13.7. The van der Waals surface area contributed by atoms with Gasteiger partial charge in [0.25, 0.3) is 0 Å². The topological polar surface area (TPSA) is 61.8 Å². The van der Waals surface area contributed by atoms with Crippen LogP contribution in [-0.4, -0.2) is 31.8 Å². The van der Waals surface area contributed by atoms with Crippen molar-refractivity contribution in [2.24, 2.45) is 5.41 Å². The van der Waals surface area contributed by atoms with Crippen molar-refractivity contribution in [3.8, 4) is 0 Å². The lowest BCUT2D eigenvalue weighted by Gasteiger charge is -2.31. The van der Waals surface area contributed by atoms with Gasteiger partial charge in [0, 0.05) is 18.6 Å².